The van der Waals surface area contributed by atoms with E-state index in [1.807, 2.05) is 64.2 Å². The van der Waals surface area contributed by atoms with E-state index in [-0.39, 0.29) is 36.5 Å². The fourth-order valence-corrected chi connectivity index (χ4v) is 4.78. The number of carbonyl (C=O) groups is 2. The Bertz CT molecular complexity index is 1030. The third-order valence-electron chi connectivity index (χ3n) is 6.20. The van der Waals surface area contributed by atoms with Crippen molar-refractivity contribution in [2.75, 3.05) is 0 Å². The SMILES string of the molecule is O=C(c1ccn2ccnc2c1)C1CC2CCC(C1)N2C(=O)OCc1ccccc1. The average Bonchev–Trinajstić information content (AvgIpc) is 3.33. The number of carbonyl (C=O) groups excluding carboxylic acids is 2. The zero-order chi connectivity index (χ0) is 19.8. The minimum Gasteiger partial charge on any atom is -0.445 e. The van der Waals surface area contributed by atoms with E-state index in [1.54, 1.807) is 6.20 Å². The van der Waals surface area contributed by atoms with Gasteiger partial charge in [0.2, 0.25) is 0 Å². The average molecular weight is 389 g/mol. The quantitative estimate of drug-likeness (QED) is 0.630. The number of ether oxygens (including phenoxy) is 1. The summed E-state index contributed by atoms with van der Waals surface area (Å²) in [5, 5.41) is 0. The van der Waals surface area contributed by atoms with Crippen molar-refractivity contribution < 1.29 is 14.3 Å². The normalized spacial score (nSPS) is 23.3. The maximum Gasteiger partial charge on any atom is 0.410 e. The molecule has 2 fully saturated rings. The van der Waals surface area contributed by atoms with Gasteiger partial charge < -0.3 is 14.0 Å². The monoisotopic (exact) mass is 389 g/mol. The molecule has 0 aliphatic carbocycles. The summed E-state index contributed by atoms with van der Waals surface area (Å²) in [5.74, 6) is 0.104. The smallest absolute Gasteiger partial charge is 0.410 e. The van der Waals surface area contributed by atoms with Crippen molar-refractivity contribution in [2.24, 2.45) is 5.92 Å². The van der Waals surface area contributed by atoms with Crippen LogP contribution in [0.5, 0.6) is 0 Å². The van der Waals surface area contributed by atoms with Gasteiger partial charge in [0.1, 0.15) is 12.3 Å². The van der Waals surface area contributed by atoms with E-state index in [0.717, 1.165) is 24.1 Å². The molecule has 4 heterocycles. The third kappa shape index (κ3) is 3.39. The van der Waals surface area contributed by atoms with Crippen LogP contribution in [0.25, 0.3) is 5.65 Å². The molecular weight excluding hydrogens is 366 g/mol. The van der Waals surface area contributed by atoms with Crippen LogP contribution in [-0.4, -0.2) is 38.2 Å². The zero-order valence-electron chi connectivity index (χ0n) is 16.1. The topological polar surface area (TPSA) is 63.9 Å². The standard InChI is InChI=1S/C23H23N3O3/c27-22(17-8-10-25-11-9-24-21(25)14-17)18-12-19-6-7-20(13-18)26(19)23(28)29-15-16-4-2-1-3-5-16/h1-5,8-11,14,18-20H,6-7,12-13,15H2. The first kappa shape index (κ1) is 17.9. The van der Waals surface area contributed by atoms with Crippen LogP contribution in [-0.2, 0) is 11.3 Å². The van der Waals surface area contributed by atoms with Gasteiger partial charge in [-0.05, 0) is 43.4 Å². The molecule has 2 aromatic heterocycles. The first-order chi connectivity index (χ1) is 14.2. The van der Waals surface area contributed by atoms with Gasteiger partial charge in [0.15, 0.2) is 5.78 Å². The first-order valence-corrected chi connectivity index (χ1v) is 10.1. The second-order valence-electron chi connectivity index (χ2n) is 7.97. The number of aromatic nitrogens is 2. The van der Waals surface area contributed by atoms with E-state index in [0.29, 0.717) is 18.4 Å². The summed E-state index contributed by atoms with van der Waals surface area (Å²) >= 11 is 0. The molecule has 1 aromatic carbocycles. The predicted octanol–water partition coefficient (Wildman–Crippen LogP) is 4.10. The summed E-state index contributed by atoms with van der Waals surface area (Å²) in [5.41, 5.74) is 2.46. The molecule has 148 valence electrons. The summed E-state index contributed by atoms with van der Waals surface area (Å²) in [7, 11) is 0. The number of imidazole rings is 1. The summed E-state index contributed by atoms with van der Waals surface area (Å²) in [6, 6.07) is 13.6. The number of amides is 1. The van der Waals surface area contributed by atoms with Gasteiger partial charge in [-0.15, -0.1) is 0 Å². The van der Waals surface area contributed by atoms with E-state index < -0.39 is 0 Å². The molecule has 2 atom stereocenters. The highest BCUT2D eigenvalue weighted by Crippen LogP contribution is 2.40. The molecule has 2 unspecified atom stereocenters. The van der Waals surface area contributed by atoms with Crippen molar-refractivity contribution in [3.05, 3.63) is 72.2 Å². The van der Waals surface area contributed by atoms with E-state index in [1.165, 1.54) is 0 Å². The lowest BCUT2D eigenvalue weighted by Crippen LogP contribution is -2.48. The van der Waals surface area contributed by atoms with Crippen molar-refractivity contribution in [3.8, 4) is 0 Å². The highest BCUT2D eigenvalue weighted by molar-refractivity contribution is 5.98. The van der Waals surface area contributed by atoms with Gasteiger partial charge in [0, 0.05) is 42.2 Å². The van der Waals surface area contributed by atoms with Gasteiger partial charge >= 0.3 is 6.09 Å². The number of benzene rings is 1. The highest BCUT2D eigenvalue weighted by atomic mass is 16.6. The van der Waals surface area contributed by atoms with Crippen molar-refractivity contribution in [1.82, 2.24) is 14.3 Å². The Morgan fingerprint density at radius 1 is 1.03 bits per heavy atom. The van der Waals surface area contributed by atoms with Crippen molar-refractivity contribution in [1.29, 1.82) is 0 Å². The maximum atomic E-state index is 13.1. The van der Waals surface area contributed by atoms with Crippen LogP contribution in [0.4, 0.5) is 4.79 Å². The number of pyridine rings is 1. The molecule has 2 aliphatic rings. The molecule has 0 radical (unpaired) electrons. The minimum absolute atomic E-state index is 0.0527. The zero-order valence-corrected chi connectivity index (χ0v) is 16.1. The number of fused-ring (bicyclic) bond motifs is 3. The van der Waals surface area contributed by atoms with Crippen LogP contribution in [0.2, 0.25) is 0 Å². The van der Waals surface area contributed by atoms with Gasteiger partial charge in [-0.3, -0.25) is 4.79 Å². The summed E-state index contributed by atoms with van der Waals surface area (Å²) in [4.78, 5) is 32.0. The largest absolute Gasteiger partial charge is 0.445 e. The Labute approximate surface area is 169 Å². The second-order valence-corrected chi connectivity index (χ2v) is 7.97. The molecule has 2 bridgehead atoms. The Hall–Kier alpha value is -3.15. The summed E-state index contributed by atoms with van der Waals surface area (Å²) in [6.07, 6.45) is 8.49. The highest BCUT2D eigenvalue weighted by Gasteiger charge is 2.45. The molecule has 0 N–H and O–H groups in total. The maximum absolute atomic E-state index is 13.1. The predicted molar refractivity (Wildman–Crippen MR) is 108 cm³/mol. The Kier molecular flexibility index (Phi) is 4.54. The van der Waals surface area contributed by atoms with Crippen LogP contribution < -0.4 is 0 Å². The molecular formula is C23H23N3O3. The number of hydrogen-bond acceptors (Lipinski definition) is 4. The van der Waals surface area contributed by atoms with E-state index >= 15 is 0 Å². The Morgan fingerprint density at radius 2 is 1.79 bits per heavy atom. The summed E-state index contributed by atoms with van der Waals surface area (Å²) < 4.78 is 7.45. The molecule has 2 aliphatic heterocycles. The van der Waals surface area contributed by atoms with E-state index in [2.05, 4.69) is 4.98 Å². The molecule has 1 amide bonds. The number of ketones is 1. The fraction of sp³-hybridized carbons (Fsp3) is 0.348. The molecule has 0 saturated carbocycles. The lowest BCUT2D eigenvalue weighted by Gasteiger charge is -2.37. The number of hydrogen-bond donors (Lipinski definition) is 0. The number of rotatable bonds is 4. The molecule has 5 rings (SSSR count). The van der Waals surface area contributed by atoms with Crippen molar-refractivity contribution >= 4 is 17.5 Å². The van der Waals surface area contributed by atoms with Crippen molar-refractivity contribution in [2.45, 2.75) is 44.4 Å². The molecule has 3 aromatic rings. The fourth-order valence-electron chi connectivity index (χ4n) is 4.78. The molecule has 0 spiro atoms. The van der Waals surface area contributed by atoms with Gasteiger partial charge in [0.25, 0.3) is 0 Å². The lowest BCUT2D eigenvalue weighted by atomic mass is 9.85. The Morgan fingerprint density at radius 3 is 2.55 bits per heavy atom. The van der Waals surface area contributed by atoms with Gasteiger partial charge in [-0.1, -0.05) is 30.3 Å². The number of piperidine rings is 1. The van der Waals surface area contributed by atoms with Crippen LogP contribution in [0.1, 0.15) is 41.6 Å². The number of nitrogens with zero attached hydrogens (tertiary/aromatic N) is 3. The van der Waals surface area contributed by atoms with E-state index in [9.17, 15) is 9.59 Å². The molecule has 2 saturated heterocycles. The number of Topliss-reactive ketones (excluding diaryl/α,β-unsaturated/α-hetero) is 1. The Balaban J connectivity index is 1.25. The van der Waals surface area contributed by atoms with Gasteiger partial charge in [0.05, 0.1) is 0 Å². The second kappa shape index (κ2) is 7.35. The van der Waals surface area contributed by atoms with Gasteiger partial charge in [-0.25, -0.2) is 9.78 Å². The minimum atomic E-state index is -0.258. The molecule has 6 heteroatoms. The van der Waals surface area contributed by atoms with Crippen LogP contribution in [0.15, 0.2) is 61.1 Å². The molecule has 6 nitrogen and oxygen atoms in total. The lowest BCUT2D eigenvalue weighted by molar-refractivity contribution is 0.0485. The van der Waals surface area contributed by atoms with Crippen molar-refractivity contribution in [3.63, 3.8) is 0 Å². The van der Waals surface area contributed by atoms with Crippen LogP contribution in [0.3, 0.4) is 0 Å². The summed E-state index contributed by atoms with van der Waals surface area (Å²) in [6.45, 7) is 0.280. The van der Waals surface area contributed by atoms with E-state index in [4.69, 9.17) is 4.74 Å². The third-order valence-corrected chi connectivity index (χ3v) is 6.20. The first-order valence-electron chi connectivity index (χ1n) is 10.1. The van der Waals surface area contributed by atoms with Crippen LogP contribution in [0, 0.1) is 5.92 Å². The molecule has 29 heavy (non-hydrogen) atoms. The van der Waals surface area contributed by atoms with Crippen LogP contribution >= 0.6 is 0 Å². The van der Waals surface area contributed by atoms with Gasteiger partial charge in [-0.2, -0.15) is 0 Å².